The molecular formula is C25H23N3O2S. The van der Waals surface area contributed by atoms with Crippen molar-refractivity contribution in [3.63, 3.8) is 0 Å². The van der Waals surface area contributed by atoms with Crippen LogP contribution in [-0.2, 0) is 9.53 Å². The van der Waals surface area contributed by atoms with E-state index in [4.69, 9.17) is 4.74 Å². The average molecular weight is 430 g/mol. The number of carbonyl (C=O) groups excluding carboxylic acids is 1. The Kier molecular flexibility index (Phi) is 5.65. The summed E-state index contributed by atoms with van der Waals surface area (Å²) < 4.78 is 6.52. The lowest BCUT2D eigenvalue weighted by atomic mass is 9.90. The molecule has 3 aromatic carbocycles. The first-order valence-corrected chi connectivity index (χ1v) is 11.2. The largest absolute Gasteiger partial charge is 0.378 e. The molecule has 1 aliphatic rings. The molecule has 31 heavy (non-hydrogen) atoms. The van der Waals surface area contributed by atoms with Crippen molar-refractivity contribution in [1.29, 1.82) is 0 Å². The van der Waals surface area contributed by atoms with Crippen LogP contribution >= 0.6 is 11.3 Å². The van der Waals surface area contributed by atoms with Gasteiger partial charge in [0.1, 0.15) is 0 Å². The molecule has 4 aromatic rings. The van der Waals surface area contributed by atoms with Crippen LogP contribution < -0.4 is 10.2 Å². The predicted octanol–water partition coefficient (Wildman–Crippen LogP) is 4.90. The van der Waals surface area contributed by atoms with E-state index < -0.39 is 5.92 Å². The Morgan fingerprint density at radius 1 is 0.935 bits per heavy atom. The van der Waals surface area contributed by atoms with Crippen molar-refractivity contribution >= 4 is 38.3 Å². The van der Waals surface area contributed by atoms with Crippen molar-refractivity contribution in [2.75, 3.05) is 36.5 Å². The molecule has 1 fully saturated rings. The maximum absolute atomic E-state index is 13.3. The number of aromatic nitrogens is 1. The van der Waals surface area contributed by atoms with Crippen molar-refractivity contribution in [1.82, 2.24) is 4.98 Å². The van der Waals surface area contributed by atoms with Gasteiger partial charge in [-0.15, -0.1) is 0 Å². The molecule has 6 heteroatoms. The lowest BCUT2D eigenvalue weighted by molar-refractivity contribution is -0.116. The number of hydrogen-bond donors (Lipinski definition) is 1. The van der Waals surface area contributed by atoms with Gasteiger partial charge in [-0.2, -0.15) is 0 Å². The van der Waals surface area contributed by atoms with E-state index in [1.807, 2.05) is 66.7 Å². The number of thiazole rings is 1. The second-order valence-electron chi connectivity index (χ2n) is 7.51. The van der Waals surface area contributed by atoms with Crippen LogP contribution in [0.4, 0.5) is 10.8 Å². The standard InChI is InChI=1S/C25H23N3O2S/c29-24(23(18-7-3-1-4-8-18)19-9-5-2-6-10-19)27-25-26-21-12-11-20(17-22(21)31-25)28-13-15-30-16-14-28/h1-12,17,23H,13-16H2,(H,26,27,29). The number of fused-ring (bicyclic) bond motifs is 1. The van der Waals surface area contributed by atoms with Crippen molar-refractivity contribution in [3.05, 3.63) is 90.0 Å². The second kappa shape index (κ2) is 8.88. The van der Waals surface area contributed by atoms with E-state index in [2.05, 4.69) is 27.3 Å². The Morgan fingerprint density at radius 3 is 2.23 bits per heavy atom. The molecule has 2 heterocycles. The van der Waals surface area contributed by atoms with Crippen LogP contribution in [-0.4, -0.2) is 37.2 Å². The van der Waals surface area contributed by atoms with Gasteiger partial charge in [0.15, 0.2) is 5.13 Å². The number of ether oxygens (including phenoxy) is 1. The number of carbonyl (C=O) groups is 1. The van der Waals surface area contributed by atoms with E-state index in [1.54, 1.807) is 0 Å². The second-order valence-corrected chi connectivity index (χ2v) is 8.54. The maximum Gasteiger partial charge on any atom is 0.238 e. The van der Waals surface area contributed by atoms with Crippen LogP contribution in [0.15, 0.2) is 78.9 Å². The molecule has 5 rings (SSSR count). The highest BCUT2D eigenvalue weighted by Crippen LogP contribution is 2.32. The molecule has 5 nitrogen and oxygen atoms in total. The molecule has 0 bridgehead atoms. The molecule has 0 unspecified atom stereocenters. The fraction of sp³-hybridized carbons (Fsp3) is 0.200. The van der Waals surface area contributed by atoms with Gasteiger partial charge in [0.05, 0.1) is 29.3 Å². The summed E-state index contributed by atoms with van der Waals surface area (Å²) in [5.41, 5.74) is 3.99. The number of hydrogen-bond acceptors (Lipinski definition) is 5. The summed E-state index contributed by atoms with van der Waals surface area (Å²) in [6.45, 7) is 3.29. The smallest absolute Gasteiger partial charge is 0.238 e. The number of nitrogens with zero attached hydrogens (tertiary/aromatic N) is 2. The van der Waals surface area contributed by atoms with Crippen molar-refractivity contribution in [3.8, 4) is 0 Å². The minimum absolute atomic E-state index is 0.0788. The minimum atomic E-state index is -0.390. The van der Waals surface area contributed by atoms with Crippen LogP contribution in [0.1, 0.15) is 17.0 Å². The van der Waals surface area contributed by atoms with E-state index in [0.717, 1.165) is 47.6 Å². The highest BCUT2D eigenvalue weighted by atomic mass is 32.1. The summed E-state index contributed by atoms with van der Waals surface area (Å²) in [6, 6.07) is 26.0. The third-order valence-corrected chi connectivity index (χ3v) is 6.44. The Balaban J connectivity index is 1.41. The van der Waals surface area contributed by atoms with Crippen LogP contribution in [0.2, 0.25) is 0 Å². The third-order valence-electron chi connectivity index (χ3n) is 5.51. The Hall–Kier alpha value is -3.22. The van der Waals surface area contributed by atoms with Crippen molar-refractivity contribution in [2.24, 2.45) is 0 Å². The van der Waals surface area contributed by atoms with Crippen molar-refractivity contribution < 1.29 is 9.53 Å². The fourth-order valence-electron chi connectivity index (χ4n) is 3.95. The molecule has 0 saturated carbocycles. The SMILES string of the molecule is O=C(Nc1nc2ccc(N3CCOCC3)cc2s1)C(c1ccccc1)c1ccccc1. The Labute approximate surface area is 185 Å². The Bertz CT molecular complexity index is 1130. The summed E-state index contributed by atoms with van der Waals surface area (Å²) in [7, 11) is 0. The van der Waals surface area contributed by atoms with Gasteiger partial charge in [0.25, 0.3) is 0 Å². The molecule has 1 aromatic heterocycles. The van der Waals surface area contributed by atoms with Gasteiger partial charge >= 0.3 is 0 Å². The molecule has 1 saturated heterocycles. The van der Waals surface area contributed by atoms with Crippen LogP contribution in [0, 0.1) is 0 Å². The highest BCUT2D eigenvalue weighted by molar-refractivity contribution is 7.22. The van der Waals surface area contributed by atoms with Gasteiger partial charge in [0, 0.05) is 18.8 Å². The quantitative estimate of drug-likeness (QED) is 0.490. The van der Waals surface area contributed by atoms with Gasteiger partial charge in [-0.3, -0.25) is 4.79 Å². The zero-order valence-electron chi connectivity index (χ0n) is 17.0. The topological polar surface area (TPSA) is 54.5 Å². The van der Waals surface area contributed by atoms with Gasteiger partial charge in [-0.25, -0.2) is 4.98 Å². The van der Waals surface area contributed by atoms with Gasteiger partial charge in [-0.05, 0) is 29.3 Å². The van der Waals surface area contributed by atoms with Gasteiger partial charge in [-0.1, -0.05) is 72.0 Å². The molecular weight excluding hydrogens is 406 g/mol. The third kappa shape index (κ3) is 4.31. The fourth-order valence-corrected chi connectivity index (χ4v) is 4.85. The molecule has 0 aliphatic carbocycles. The number of anilines is 2. The van der Waals surface area contributed by atoms with E-state index in [9.17, 15) is 4.79 Å². The van der Waals surface area contributed by atoms with Gasteiger partial charge in [0.2, 0.25) is 5.91 Å². The lowest BCUT2D eigenvalue weighted by Crippen LogP contribution is -2.36. The first kappa shape index (κ1) is 19.7. The first-order chi connectivity index (χ1) is 15.3. The lowest BCUT2D eigenvalue weighted by Gasteiger charge is -2.28. The van der Waals surface area contributed by atoms with E-state index >= 15 is 0 Å². The zero-order chi connectivity index (χ0) is 21.0. The average Bonchev–Trinajstić information content (AvgIpc) is 3.22. The number of amides is 1. The molecule has 1 aliphatic heterocycles. The summed E-state index contributed by atoms with van der Waals surface area (Å²) in [6.07, 6.45) is 0. The molecule has 0 atom stereocenters. The number of morpholine rings is 1. The summed E-state index contributed by atoms with van der Waals surface area (Å²) >= 11 is 1.51. The number of rotatable bonds is 5. The molecule has 1 amide bonds. The molecule has 156 valence electrons. The van der Waals surface area contributed by atoms with Crippen molar-refractivity contribution in [2.45, 2.75) is 5.92 Å². The van der Waals surface area contributed by atoms with E-state index in [0.29, 0.717) is 5.13 Å². The Morgan fingerprint density at radius 2 is 1.58 bits per heavy atom. The first-order valence-electron chi connectivity index (χ1n) is 10.4. The zero-order valence-corrected chi connectivity index (χ0v) is 17.8. The number of benzene rings is 3. The maximum atomic E-state index is 13.3. The monoisotopic (exact) mass is 429 g/mol. The van der Waals surface area contributed by atoms with Crippen LogP contribution in [0.3, 0.4) is 0 Å². The van der Waals surface area contributed by atoms with Crippen LogP contribution in [0.5, 0.6) is 0 Å². The highest BCUT2D eigenvalue weighted by Gasteiger charge is 2.23. The van der Waals surface area contributed by atoms with Crippen LogP contribution in [0.25, 0.3) is 10.2 Å². The summed E-state index contributed by atoms with van der Waals surface area (Å²) in [4.78, 5) is 20.3. The predicted molar refractivity (Wildman–Crippen MR) is 126 cm³/mol. The summed E-state index contributed by atoms with van der Waals surface area (Å²) in [5, 5.41) is 3.68. The normalized spacial score (nSPS) is 14.2. The summed E-state index contributed by atoms with van der Waals surface area (Å²) in [5.74, 6) is -0.469. The number of nitrogens with one attached hydrogen (secondary N) is 1. The van der Waals surface area contributed by atoms with E-state index in [1.165, 1.54) is 17.0 Å². The minimum Gasteiger partial charge on any atom is -0.378 e. The van der Waals surface area contributed by atoms with Gasteiger partial charge < -0.3 is 15.0 Å². The molecule has 0 radical (unpaired) electrons. The van der Waals surface area contributed by atoms with E-state index in [-0.39, 0.29) is 5.91 Å². The molecule has 0 spiro atoms. The molecule has 1 N–H and O–H groups in total.